The molecular formula is C19H16F3NO5. The van der Waals surface area contributed by atoms with Crippen LogP contribution >= 0.6 is 0 Å². The van der Waals surface area contributed by atoms with Gasteiger partial charge in [-0.3, -0.25) is 9.59 Å². The van der Waals surface area contributed by atoms with Gasteiger partial charge in [0, 0.05) is 5.69 Å². The highest BCUT2D eigenvalue weighted by Gasteiger charge is 2.30. The Balaban J connectivity index is 1.87. The number of benzene rings is 2. The Morgan fingerprint density at radius 3 is 2.29 bits per heavy atom. The van der Waals surface area contributed by atoms with Gasteiger partial charge in [0.05, 0.1) is 11.1 Å². The first kappa shape index (κ1) is 20.9. The molecule has 0 radical (unpaired) electrons. The van der Waals surface area contributed by atoms with Crippen LogP contribution < -0.4 is 10.1 Å². The number of carbonyl (C=O) groups is 3. The molecule has 0 bridgehead atoms. The van der Waals surface area contributed by atoms with Gasteiger partial charge in [0.2, 0.25) is 0 Å². The van der Waals surface area contributed by atoms with E-state index >= 15 is 0 Å². The van der Waals surface area contributed by atoms with E-state index in [9.17, 15) is 27.6 Å². The normalized spacial score (nSPS) is 10.9. The highest BCUT2D eigenvalue weighted by molar-refractivity contribution is 5.92. The van der Waals surface area contributed by atoms with Gasteiger partial charge in [-0.25, -0.2) is 4.79 Å². The summed E-state index contributed by atoms with van der Waals surface area (Å²) >= 11 is 0. The summed E-state index contributed by atoms with van der Waals surface area (Å²) in [6.45, 7) is 0.520. The summed E-state index contributed by atoms with van der Waals surface area (Å²) < 4.78 is 48.0. The van der Waals surface area contributed by atoms with Crippen LogP contribution in [0.4, 0.5) is 18.9 Å². The number of anilines is 1. The first-order valence-corrected chi connectivity index (χ1v) is 8.01. The second-order valence-corrected chi connectivity index (χ2v) is 5.72. The number of rotatable bonds is 7. The third-order valence-electron chi connectivity index (χ3n) is 3.34. The molecule has 2 rings (SSSR count). The second kappa shape index (κ2) is 9.03. The lowest BCUT2D eigenvalue weighted by atomic mass is 10.2. The number of nitrogens with one attached hydrogen (secondary N) is 1. The molecular weight excluding hydrogens is 379 g/mol. The van der Waals surface area contributed by atoms with Crippen LogP contribution in [-0.2, 0) is 20.5 Å². The maximum Gasteiger partial charge on any atom is 0.416 e. The molecule has 0 atom stereocenters. The van der Waals surface area contributed by atoms with Gasteiger partial charge < -0.3 is 14.8 Å². The smallest absolute Gasteiger partial charge is 0.416 e. The number of carbonyl (C=O) groups excluding carboxylic acids is 3. The molecule has 0 spiro atoms. The van der Waals surface area contributed by atoms with Crippen molar-refractivity contribution in [3.05, 3.63) is 59.7 Å². The van der Waals surface area contributed by atoms with Crippen LogP contribution in [0.5, 0.6) is 5.75 Å². The van der Waals surface area contributed by atoms with Crippen LogP contribution in [0.25, 0.3) is 0 Å². The first-order valence-electron chi connectivity index (χ1n) is 8.01. The molecule has 0 saturated heterocycles. The van der Waals surface area contributed by atoms with Crippen molar-refractivity contribution < 1.29 is 37.0 Å². The number of ketones is 1. The van der Waals surface area contributed by atoms with Gasteiger partial charge in [0.15, 0.2) is 12.4 Å². The summed E-state index contributed by atoms with van der Waals surface area (Å²) in [4.78, 5) is 34.3. The predicted octanol–water partition coefficient (Wildman–Crippen LogP) is 3.47. The van der Waals surface area contributed by atoms with E-state index in [1.165, 1.54) is 43.3 Å². The Morgan fingerprint density at radius 2 is 1.68 bits per heavy atom. The van der Waals surface area contributed by atoms with Crippen molar-refractivity contribution in [3.63, 3.8) is 0 Å². The molecule has 0 saturated carbocycles. The Kier molecular flexibility index (Phi) is 6.75. The predicted molar refractivity (Wildman–Crippen MR) is 93.0 cm³/mol. The topological polar surface area (TPSA) is 81.7 Å². The summed E-state index contributed by atoms with van der Waals surface area (Å²) in [5.41, 5.74) is -0.688. The van der Waals surface area contributed by atoms with Crippen LogP contribution in [0, 0.1) is 0 Å². The minimum absolute atomic E-state index is 0.00742. The van der Waals surface area contributed by atoms with E-state index in [0.717, 1.165) is 12.1 Å². The van der Waals surface area contributed by atoms with E-state index in [-0.39, 0.29) is 29.4 Å². The van der Waals surface area contributed by atoms with Crippen molar-refractivity contribution in [1.29, 1.82) is 0 Å². The van der Waals surface area contributed by atoms with Crippen LogP contribution in [0.3, 0.4) is 0 Å². The standard InChI is InChI=1S/C19H16F3NO5/c1-12(24)10-28-18(26)13-5-7-16(8-6-13)27-11-17(25)23-15-4-2-3-14(9-15)19(20,21)22/h2-9H,10-11H2,1H3,(H,23,25). The fourth-order valence-corrected chi connectivity index (χ4v) is 2.06. The molecule has 0 aliphatic heterocycles. The van der Waals surface area contributed by atoms with Gasteiger partial charge in [0.1, 0.15) is 12.4 Å². The Labute approximate surface area is 158 Å². The number of esters is 1. The number of hydrogen-bond donors (Lipinski definition) is 1. The summed E-state index contributed by atoms with van der Waals surface area (Å²) in [5.74, 6) is -1.35. The maximum atomic E-state index is 12.7. The van der Waals surface area contributed by atoms with Crippen molar-refractivity contribution >= 4 is 23.3 Å². The molecule has 0 unspecified atom stereocenters. The highest BCUT2D eigenvalue weighted by Crippen LogP contribution is 2.30. The number of halogens is 3. The van der Waals surface area contributed by atoms with E-state index in [1.807, 2.05) is 0 Å². The zero-order valence-electron chi connectivity index (χ0n) is 14.7. The largest absolute Gasteiger partial charge is 0.484 e. The molecule has 0 fully saturated rings. The fraction of sp³-hybridized carbons (Fsp3) is 0.211. The summed E-state index contributed by atoms with van der Waals surface area (Å²) in [5, 5.41) is 2.31. The lowest BCUT2D eigenvalue weighted by molar-refractivity contribution is -0.137. The van der Waals surface area contributed by atoms with Gasteiger partial charge in [-0.1, -0.05) is 6.07 Å². The number of alkyl halides is 3. The van der Waals surface area contributed by atoms with Crippen molar-refractivity contribution in [2.75, 3.05) is 18.5 Å². The highest BCUT2D eigenvalue weighted by atomic mass is 19.4. The molecule has 0 aromatic heterocycles. The van der Waals surface area contributed by atoms with Gasteiger partial charge in [0.25, 0.3) is 5.91 Å². The molecule has 0 aliphatic carbocycles. The first-order chi connectivity index (χ1) is 13.1. The average Bonchev–Trinajstić information content (AvgIpc) is 2.64. The van der Waals surface area contributed by atoms with Gasteiger partial charge in [-0.2, -0.15) is 13.2 Å². The van der Waals surface area contributed by atoms with E-state index in [0.29, 0.717) is 0 Å². The third kappa shape index (κ3) is 6.42. The number of ether oxygens (including phenoxy) is 2. The Bertz CT molecular complexity index is 863. The number of hydrogen-bond acceptors (Lipinski definition) is 5. The fourth-order valence-electron chi connectivity index (χ4n) is 2.06. The molecule has 2 aromatic carbocycles. The Morgan fingerprint density at radius 1 is 1.00 bits per heavy atom. The van der Waals surface area contributed by atoms with Crippen LogP contribution in [-0.4, -0.2) is 30.9 Å². The molecule has 148 valence electrons. The average molecular weight is 395 g/mol. The summed E-state index contributed by atoms with van der Waals surface area (Å²) in [6, 6.07) is 9.85. The van der Waals surface area contributed by atoms with E-state index in [4.69, 9.17) is 9.47 Å². The van der Waals surface area contributed by atoms with Gasteiger partial charge >= 0.3 is 12.1 Å². The zero-order valence-corrected chi connectivity index (χ0v) is 14.7. The van der Waals surface area contributed by atoms with E-state index < -0.39 is 30.2 Å². The molecule has 1 amide bonds. The van der Waals surface area contributed by atoms with Crippen molar-refractivity contribution in [1.82, 2.24) is 0 Å². The lowest BCUT2D eigenvalue weighted by Gasteiger charge is -2.10. The second-order valence-electron chi connectivity index (χ2n) is 5.72. The van der Waals surface area contributed by atoms with E-state index in [2.05, 4.69) is 5.32 Å². The molecule has 6 nitrogen and oxygen atoms in total. The van der Waals surface area contributed by atoms with Crippen molar-refractivity contribution in [2.45, 2.75) is 13.1 Å². The minimum atomic E-state index is -4.51. The third-order valence-corrected chi connectivity index (χ3v) is 3.34. The summed E-state index contributed by atoms with van der Waals surface area (Å²) in [6.07, 6.45) is -4.51. The lowest BCUT2D eigenvalue weighted by Crippen LogP contribution is -2.20. The molecule has 9 heteroatoms. The van der Waals surface area contributed by atoms with Gasteiger partial charge in [-0.15, -0.1) is 0 Å². The minimum Gasteiger partial charge on any atom is -0.484 e. The molecule has 1 N–H and O–H groups in total. The molecule has 28 heavy (non-hydrogen) atoms. The number of Topliss-reactive ketones (excluding diaryl/α,β-unsaturated/α-hetero) is 1. The van der Waals surface area contributed by atoms with E-state index in [1.54, 1.807) is 0 Å². The summed E-state index contributed by atoms with van der Waals surface area (Å²) in [7, 11) is 0. The van der Waals surface area contributed by atoms with Crippen LogP contribution in [0.2, 0.25) is 0 Å². The zero-order chi connectivity index (χ0) is 20.7. The molecule has 0 heterocycles. The van der Waals surface area contributed by atoms with Crippen molar-refractivity contribution in [3.8, 4) is 5.75 Å². The van der Waals surface area contributed by atoms with Crippen molar-refractivity contribution in [2.24, 2.45) is 0 Å². The van der Waals surface area contributed by atoms with Crippen LogP contribution in [0.1, 0.15) is 22.8 Å². The Hall–Kier alpha value is -3.36. The maximum absolute atomic E-state index is 12.7. The monoisotopic (exact) mass is 395 g/mol. The van der Waals surface area contributed by atoms with Gasteiger partial charge in [-0.05, 0) is 49.4 Å². The molecule has 0 aliphatic rings. The van der Waals surface area contributed by atoms with Crippen LogP contribution in [0.15, 0.2) is 48.5 Å². The quantitative estimate of drug-likeness (QED) is 0.726. The molecule has 2 aromatic rings. The SMILES string of the molecule is CC(=O)COC(=O)c1ccc(OCC(=O)Nc2cccc(C(F)(F)F)c2)cc1. The number of amides is 1.